The Kier molecular flexibility index (Phi) is 5.24. The summed E-state index contributed by atoms with van der Waals surface area (Å²) < 4.78 is 6.90. The Bertz CT molecular complexity index is 851. The van der Waals surface area contributed by atoms with Crippen molar-refractivity contribution in [1.82, 2.24) is 4.57 Å². The topological polar surface area (TPSA) is 71.4 Å². The number of carboxylic acids is 1. The number of ether oxygens (including phenoxy) is 1. The van der Waals surface area contributed by atoms with E-state index in [0.29, 0.717) is 11.1 Å². The number of esters is 1. The van der Waals surface area contributed by atoms with Gasteiger partial charge in [-0.15, -0.1) is 0 Å². The van der Waals surface area contributed by atoms with Crippen molar-refractivity contribution in [3.63, 3.8) is 0 Å². The number of carbonyl (C=O) groups is 2. The van der Waals surface area contributed by atoms with Gasteiger partial charge in [0, 0.05) is 35.3 Å². The first-order valence-electron chi connectivity index (χ1n) is 7.68. The maximum absolute atomic E-state index is 12.2. The van der Waals surface area contributed by atoms with E-state index in [1.165, 1.54) is 6.08 Å². The molecule has 0 aliphatic rings. The molecule has 0 aliphatic carbocycles. The van der Waals surface area contributed by atoms with Gasteiger partial charge < -0.3 is 19.2 Å². The van der Waals surface area contributed by atoms with Crippen LogP contribution in [0.3, 0.4) is 0 Å². The Morgan fingerprint density at radius 2 is 1.92 bits per heavy atom. The number of para-hydroxylation sites is 1. The minimum Gasteiger partial charge on any atom is -0.545 e. The van der Waals surface area contributed by atoms with Gasteiger partial charge in [0.2, 0.25) is 0 Å². The quantitative estimate of drug-likeness (QED) is 0.480. The molecule has 1 heterocycles. The molecule has 24 heavy (non-hydrogen) atoms. The van der Waals surface area contributed by atoms with Gasteiger partial charge in [0.05, 0.1) is 18.1 Å². The van der Waals surface area contributed by atoms with Crippen molar-refractivity contribution in [3.8, 4) is 0 Å². The summed E-state index contributed by atoms with van der Waals surface area (Å²) in [6, 6.07) is 7.64. The summed E-state index contributed by atoms with van der Waals surface area (Å²) >= 11 is 0. The lowest BCUT2D eigenvalue weighted by Gasteiger charge is -2.14. The van der Waals surface area contributed by atoms with Crippen molar-refractivity contribution in [2.45, 2.75) is 20.8 Å². The van der Waals surface area contributed by atoms with Crippen LogP contribution in [-0.4, -0.2) is 23.1 Å². The summed E-state index contributed by atoms with van der Waals surface area (Å²) in [5.74, 6) is -2.07. The lowest BCUT2D eigenvalue weighted by Crippen LogP contribution is -2.28. The van der Waals surface area contributed by atoms with Crippen LogP contribution in [0.2, 0.25) is 0 Å². The number of carboxylic acid groups (broad SMARTS) is 1. The number of aromatic nitrogens is 1. The van der Waals surface area contributed by atoms with E-state index in [0.717, 1.165) is 10.9 Å². The Morgan fingerprint density at radius 1 is 1.25 bits per heavy atom. The molecule has 126 valence electrons. The number of benzene rings is 1. The minimum absolute atomic E-state index is 0.0322. The van der Waals surface area contributed by atoms with Gasteiger partial charge in [-0.1, -0.05) is 23.8 Å². The highest BCUT2D eigenvalue weighted by molar-refractivity contribution is 6.10. The monoisotopic (exact) mass is 326 g/mol. The maximum Gasteiger partial charge on any atom is 0.338 e. The van der Waals surface area contributed by atoms with E-state index >= 15 is 0 Å². The van der Waals surface area contributed by atoms with Gasteiger partial charge in [-0.25, -0.2) is 4.79 Å². The Labute approximate surface area is 140 Å². The summed E-state index contributed by atoms with van der Waals surface area (Å²) in [6.07, 6.45) is 3.29. The lowest BCUT2D eigenvalue weighted by molar-refractivity contribution is -0.298. The Morgan fingerprint density at radius 3 is 2.50 bits per heavy atom. The molecule has 5 nitrogen and oxygen atoms in total. The van der Waals surface area contributed by atoms with Crippen LogP contribution in [0, 0.1) is 0 Å². The molecule has 2 rings (SSSR count). The number of hydrogen-bond donors (Lipinski definition) is 0. The molecule has 0 aliphatic heterocycles. The first-order chi connectivity index (χ1) is 11.4. The molecule has 0 amide bonds. The van der Waals surface area contributed by atoms with E-state index < -0.39 is 11.9 Å². The summed E-state index contributed by atoms with van der Waals surface area (Å²) in [5, 5.41) is 12.6. The zero-order chi connectivity index (χ0) is 17.9. The zero-order valence-corrected chi connectivity index (χ0v) is 14.3. The van der Waals surface area contributed by atoms with Crippen LogP contribution in [0.25, 0.3) is 17.0 Å². The number of rotatable bonds is 5. The van der Waals surface area contributed by atoms with E-state index in [-0.39, 0.29) is 17.8 Å². The number of nitrogens with zero attached hydrogens (tertiary/aromatic N) is 1. The zero-order valence-electron chi connectivity index (χ0n) is 14.3. The van der Waals surface area contributed by atoms with Crippen LogP contribution in [0.1, 0.15) is 26.3 Å². The molecule has 1 aromatic carbocycles. The van der Waals surface area contributed by atoms with E-state index in [9.17, 15) is 14.7 Å². The molecule has 0 saturated heterocycles. The second-order valence-electron chi connectivity index (χ2n) is 5.65. The summed E-state index contributed by atoms with van der Waals surface area (Å²) in [7, 11) is 1.88. The smallest absolute Gasteiger partial charge is 0.338 e. The van der Waals surface area contributed by atoms with Gasteiger partial charge in [0.1, 0.15) is 0 Å². The van der Waals surface area contributed by atoms with Crippen LogP contribution in [0.15, 0.2) is 47.2 Å². The van der Waals surface area contributed by atoms with E-state index in [4.69, 9.17) is 4.74 Å². The normalized spacial score (nSPS) is 11.4. The molecule has 2 aromatic rings. The van der Waals surface area contributed by atoms with Gasteiger partial charge in [0.25, 0.3) is 0 Å². The molecule has 0 spiro atoms. The van der Waals surface area contributed by atoms with E-state index in [1.54, 1.807) is 20.8 Å². The molecule has 1 aromatic heterocycles. The van der Waals surface area contributed by atoms with Crippen molar-refractivity contribution in [1.29, 1.82) is 0 Å². The molecule has 5 heteroatoms. The van der Waals surface area contributed by atoms with Gasteiger partial charge in [-0.05, 0) is 32.9 Å². The molecule has 0 saturated carbocycles. The van der Waals surface area contributed by atoms with Gasteiger partial charge in [-0.2, -0.15) is 0 Å². The number of fused-ring (bicyclic) bond motifs is 1. The SMILES string of the molecule is CCOC(=O)C(=C(C)C)/C(=C/c1cn(C)c2ccccc12)C(=O)[O-]. The molecular weight excluding hydrogens is 306 g/mol. The van der Waals surface area contributed by atoms with Crippen LogP contribution in [0.4, 0.5) is 0 Å². The van der Waals surface area contributed by atoms with Crippen LogP contribution in [0.5, 0.6) is 0 Å². The highest BCUT2D eigenvalue weighted by Gasteiger charge is 2.19. The predicted molar refractivity (Wildman–Crippen MR) is 90.9 cm³/mol. The molecule has 0 atom stereocenters. The molecule has 0 N–H and O–H groups in total. The summed E-state index contributed by atoms with van der Waals surface area (Å²) in [6.45, 7) is 5.19. The van der Waals surface area contributed by atoms with E-state index in [2.05, 4.69) is 0 Å². The van der Waals surface area contributed by atoms with Gasteiger partial charge in [-0.3, -0.25) is 0 Å². The van der Waals surface area contributed by atoms with Crippen LogP contribution < -0.4 is 5.11 Å². The van der Waals surface area contributed by atoms with Crippen molar-refractivity contribution in [3.05, 3.63) is 52.7 Å². The average Bonchev–Trinajstić information content (AvgIpc) is 2.83. The molecule has 0 radical (unpaired) electrons. The Hall–Kier alpha value is -2.82. The third-order valence-electron chi connectivity index (χ3n) is 3.70. The highest BCUT2D eigenvalue weighted by atomic mass is 16.5. The van der Waals surface area contributed by atoms with Crippen molar-refractivity contribution in [2.75, 3.05) is 6.61 Å². The number of hydrogen-bond acceptors (Lipinski definition) is 4. The third-order valence-corrected chi connectivity index (χ3v) is 3.70. The maximum atomic E-state index is 12.2. The first-order valence-corrected chi connectivity index (χ1v) is 7.68. The van der Waals surface area contributed by atoms with E-state index in [1.807, 2.05) is 42.1 Å². The highest BCUT2D eigenvalue weighted by Crippen LogP contribution is 2.26. The summed E-state index contributed by atoms with van der Waals surface area (Å²) in [5.41, 5.74) is 2.09. The van der Waals surface area contributed by atoms with Crippen molar-refractivity contribution >= 4 is 28.9 Å². The fourth-order valence-corrected chi connectivity index (χ4v) is 2.66. The summed E-state index contributed by atoms with van der Waals surface area (Å²) in [4.78, 5) is 23.8. The van der Waals surface area contributed by atoms with Crippen LogP contribution >= 0.6 is 0 Å². The van der Waals surface area contributed by atoms with Crippen molar-refractivity contribution < 1.29 is 19.4 Å². The number of allylic oxidation sites excluding steroid dienone is 1. The second kappa shape index (κ2) is 7.17. The number of aryl methyl sites for hydroxylation is 1. The van der Waals surface area contributed by atoms with Gasteiger partial charge >= 0.3 is 5.97 Å². The molecule has 0 unspecified atom stereocenters. The molecular formula is C19H20NO4-. The number of carbonyl (C=O) groups excluding carboxylic acids is 2. The standard InChI is InChI=1S/C19H21NO4/c1-5-24-19(23)17(12(2)3)15(18(21)22)10-13-11-20(4)16-9-7-6-8-14(13)16/h6-11H,5H2,1-4H3,(H,21,22)/p-1/b15-10-. The molecule has 0 fully saturated rings. The minimum atomic E-state index is -1.41. The predicted octanol–water partition coefficient (Wildman–Crippen LogP) is 2.21. The fraction of sp³-hybridized carbons (Fsp3) is 0.263. The first kappa shape index (κ1) is 17.5. The Balaban J connectivity index is 2.65. The number of aliphatic carboxylic acids is 1. The lowest BCUT2D eigenvalue weighted by atomic mass is 9.99. The van der Waals surface area contributed by atoms with Gasteiger partial charge in [0.15, 0.2) is 0 Å². The van der Waals surface area contributed by atoms with Crippen molar-refractivity contribution in [2.24, 2.45) is 7.05 Å². The average molecular weight is 326 g/mol. The molecule has 0 bridgehead atoms. The largest absolute Gasteiger partial charge is 0.545 e. The van der Waals surface area contributed by atoms with Crippen LogP contribution in [-0.2, 0) is 21.4 Å². The fourth-order valence-electron chi connectivity index (χ4n) is 2.66. The second-order valence-corrected chi connectivity index (χ2v) is 5.65. The third kappa shape index (κ3) is 3.40.